The smallest absolute Gasteiger partial charge is 0.184 e. The van der Waals surface area contributed by atoms with Gasteiger partial charge in [-0.05, 0) is 37.8 Å². The van der Waals surface area contributed by atoms with Crippen molar-refractivity contribution in [1.82, 2.24) is 4.98 Å². The molecule has 1 aromatic heterocycles. The fourth-order valence-corrected chi connectivity index (χ4v) is 5.97. The number of Topliss-reactive ketones (excluding diaryl/α,β-unsaturated/α-hetero) is 1. The van der Waals surface area contributed by atoms with Crippen LogP contribution in [-0.2, 0) is 9.84 Å². The van der Waals surface area contributed by atoms with E-state index in [0.717, 1.165) is 6.42 Å². The van der Waals surface area contributed by atoms with Crippen molar-refractivity contribution in [2.75, 3.05) is 0 Å². The van der Waals surface area contributed by atoms with Gasteiger partial charge >= 0.3 is 0 Å². The lowest BCUT2D eigenvalue weighted by Gasteiger charge is -2.37. The van der Waals surface area contributed by atoms with E-state index >= 15 is 0 Å². The van der Waals surface area contributed by atoms with Gasteiger partial charge in [0.2, 0.25) is 0 Å². The summed E-state index contributed by atoms with van der Waals surface area (Å²) in [6, 6.07) is 5.09. The van der Waals surface area contributed by atoms with E-state index in [1.165, 1.54) is 6.20 Å². The topological polar surface area (TPSA) is 87.9 Å². The van der Waals surface area contributed by atoms with E-state index in [4.69, 9.17) is 5.26 Å². The van der Waals surface area contributed by atoms with Gasteiger partial charge in [0.05, 0.1) is 16.1 Å². The summed E-state index contributed by atoms with van der Waals surface area (Å²) in [6.45, 7) is 0. The summed E-state index contributed by atoms with van der Waals surface area (Å²) < 4.78 is 24.4. The molecule has 2 atom stereocenters. The average Bonchev–Trinajstić information content (AvgIpc) is 2.45. The molecular formula is C15H16N2O3S. The maximum atomic E-state index is 12.5. The molecule has 2 aliphatic heterocycles. The van der Waals surface area contributed by atoms with Crippen molar-refractivity contribution >= 4 is 15.6 Å². The van der Waals surface area contributed by atoms with Gasteiger partial charge in [0.15, 0.2) is 15.6 Å². The van der Waals surface area contributed by atoms with Crippen LogP contribution in [-0.4, -0.2) is 29.7 Å². The number of pyridine rings is 1. The SMILES string of the molecule is N#Cc1ccc(C(=O)C2CC3CCCC(C2)S3(=O)=O)nc1. The average molecular weight is 304 g/mol. The molecule has 0 aromatic carbocycles. The third kappa shape index (κ3) is 2.46. The highest BCUT2D eigenvalue weighted by molar-refractivity contribution is 7.92. The molecule has 0 amide bonds. The Morgan fingerprint density at radius 1 is 1.24 bits per heavy atom. The van der Waals surface area contributed by atoms with Crippen LogP contribution in [0.5, 0.6) is 0 Å². The van der Waals surface area contributed by atoms with Crippen molar-refractivity contribution < 1.29 is 13.2 Å². The summed E-state index contributed by atoms with van der Waals surface area (Å²) in [5.74, 6) is -0.351. The number of hydrogen-bond donors (Lipinski definition) is 0. The number of carbonyl (C=O) groups is 1. The van der Waals surface area contributed by atoms with E-state index in [-0.39, 0.29) is 22.2 Å². The van der Waals surface area contributed by atoms with Crippen molar-refractivity contribution in [3.63, 3.8) is 0 Å². The van der Waals surface area contributed by atoms with Crippen molar-refractivity contribution in [2.24, 2.45) is 5.92 Å². The predicted molar refractivity (Wildman–Crippen MR) is 76.4 cm³/mol. The van der Waals surface area contributed by atoms with Gasteiger partial charge in [-0.1, -0.05) is 6.42 Å². The van der Waals surface area contributed by atoms with Gasteiger partial charge < -0.3 is 0 Å². The number of nitriles is 1. The number of carbonyl (C=O) groups excluding carboxylic acids is 1. The summed E-state index contributed by atoms with van der Waals surface area (Å²) >= 11 is 0. The third-order valence-electron chi connectivity index (χ3n) is 4.59. The van der Waals surface area contributed by atoms with Crippen molar-refractivity contribution in [3.8, 4) is 6.07 Å². The molecule has 21 heavy (non-hydrogen) atoms. The zero-order valence-corrected chi connectivity index (χ0v) is 12.3. The van der Waals surface area contributed by atoms with Crippen LogP contribution in [0.2, 0.25) is 0 Å². The normalized spacial score (nSPS) is 30.3. The second-order valence-electron chi connectivity index (χ2n) is 5.84. The monoisotopic (exact) mass is 304 g/mol. The summed E-state index contributed by atoms with van der Waals surface area (Å²) in [5.41, 5.74) is 0.742. The fraction of sp³-hybridized carbons (Fsp3) is 0.533. The highest BCUT2D eigenvalue weighted by Crippen LogP contribution is 2.40. The molecule has 0 spiro atoms. The van der Waals surface area contributed by atoms with Gasteiger partial charge in [-0.25, -0.2) is 8.42 Å². The van der Waals surface area contributed by atoms with E-state index in [1.54, 1.807) is 12.1 Å². The van der Waals surface area contributed by atoms with Gasteiger partial charge in [-0.2, -0.15) is 5.26 Å². The zero-order chi connectivity index (χ0) is 15.0. The second-order valence-corrected chi connectivity index (χ2v) is 8.35. The molecule has 2 saturated heterocycles. The lowest BCUT2D eigenvalue weighted by Crippen LogP contribution is -2.45. The van der Waals surface area contributed by atoms with E-state index in [0.29, 0.717) is 36.9 Å². The Kier molecular flexibility index (Phi) is 3.54. The van der Waals surface area contributed by atoms with E-state index in [9.17, 15) is 13.2 Å². The molecule has 110 valence electrons. The molecular weight excluding hydrogens is 288 g/mol. The van der Waals surface area contributed by atoms with Crippen LogP contribution in [0.3, 0.4) is 0 Å². The first-order valence-electron chi connectivity index (χ1n) is 7.15. The Balaban J connectivity index is 1.82. The lowest BCUT2D eigenvalue weighted by molar-refractivity contribution is 0.0889. The Hall–Kier alpha value is -1.74. The molecule has 3 heterocycles. The molecule has 0 aliphatic carbocycles. The highest BCUT2D eigenvalue weighted by Gasteiger charge is 2.46. The molecule has 0 saturated carbocycles. The van der Waals surface area contributed by atoms with Crippen LogP contribution in [0.15, 0.2) is 18.3 Å². The largest absolute Gasteiger partial charge is 0.292 e. The van der Waals surface area contributed by atoms with Crippen LogP contribution >= 0.6 is 0 Å². The van der Waals surface area contributed by atoms with Crippen LogP contribution in [0.25, 0.3) is 0 Å². The van der Waals surface area contributed by atoms with Crippen LogP contribution < -0.4 is 0 Å². The summed E-state index contributed by atoms with van der Waals surface area (Å²) in [7, 11) is -3.04. The molecule has 1 aromatic rings. The van der Waals surface area contributed by atoms with Crippen LogP contribution in [0.1, 0.15) is 48.2 Å². The quantitative estimate of drug-likeness (QED) is 0.778. The minimum atomic E-state index is -3.04. The van der Waals surface area contributed by atoms with Gasteiger partial charge in [0.25, 0.3) is 0 Å². The predicted octanol–water partition coefficient (Wildman–Crippen LogP) is 1.88. The zero-order valence-electron chi connectivity index (χ0n) is 11.5. The molecule has 5 nitrogen and oxygen atoms in total. The summed E-state index contributed by atoms with van der Waals surface area (Å²) in [4.78, 5) is 16.5. The minimum Gasteiger partial charge on any atom is -0.292 e. The first-order chi connectivity index (χ1) is 10.0. The Bertz CT molecular complexity index is 683. The lowest BCUT2D eigenvalue weighted by atomic mass is 9.85. The minimum absolute atomic E-state index is 0.0914. The van der Waals surface area contributed by atoms with Crippen molar-refractivity contribution in [2.45, 2.75) is 42.6 Å². The maximum absolute atomic E-state index is 12.5. The summed E-state index contributed by atoms with van der Waals surface area (Å²) in [5, 5.41) is 8.01. The van der Waals surface area contributed by atoms with E-state index in [1.807, 2.05) is 6.07 Å². The Labute approximate surface area is 123 Å². The first kappa shape index (κ1) is 14.2. The van der Waals surface area contributed by atoms with Gasteiger partial charge in [0.1, 0.15) is 11.8 Å². The summed E-state index contributed by atoms with van der Waals surface area (Å²) in [6.07, 6.45) is 4.49. The van der Waals surface area contributed by atoms with Crippen LogP contribution in [0.4, 0.5) is 0 Å². The molecule has 3 rings (SSSR count). The molecule has 0 N–H and O–H groups in total. The number of aromatic nitrogens is 1. The van der Waals surface area contributed by atoms with Gasteiger partial charge in [0, 0.05) is 12.1 Å². The maximum Gasteiger partial charge on any atom is 0.184 e. The van der Waals surface area contributed by atoms with Crippen molar-refractivity contribution in [3.05, 3.63) is 29.6 Å². The number of sulfone groups is 1. The standard InChI is InChI=1S/C15H16N2O3S/c16-8-10-4-5-14(17-9-10)15(18)11-6-12-2-1-3-13(7-11)21(12,19)20/h4-5,9,11-13H,1-3,6-7H2. The number of nitrogens with zero attached hydrogens (tertiary/aromatic N) is 2. The molecule has 0 radical (unpaired) electrons. The number of hydrogen-bond acceptors (Lipinski definition) is 5. The number of ketones is 1. The number of rotatable bonds is 2. The first-order valence-corrected chi connectivity index (χ1v) is 8.76. The molecule has 6 heteroatoms. The van der Waals surface area contributed by atoms with Crippen LogP contribution in [0, 0.1) is 17.2 Å². The Morgan fingerprint density at radius 2 is 1.90 bits per heavy atom. The van der Waals surface area contributed by atoms with Gasteiger partial charge in [-0.3, -0.25) is 9.78 Å². The van der Waals surface area contributed by atoms with E-state index in [2.05, 4.69) is 4.98 Å². The Morgan fingerprint density at radius 3 is 2.43 bits per heavy atom. The number of fused-ring (bicyclic) bond motifs is 2. The van der Waals surface area contributed by atoms with Gasteiger partial charge in [-0.15, -0.1) is 0 Å². The molecule has 2 fully saturated rings. The van der Waals surface area contributed by atoms with Crippen molar-refractivity contribution in [1.29, 1.82) is 5.26 Å². The molecule has 2 unspecified atom stereocenters. The highest BCUT2D eigenvalue weighted by atomic mass is 32.2. The molecule has 2 aliphatic rings. The molecule has 2 bridgehead atoms. The fourth-order valence-electron chi connectivity index (χ4n) is 3.44. The van der Waals surface area contributed by atoms with E-state index < -0.39 is 9.84 Å². The third-order valence-corrected chi connectivity index (χ3v) is 7.31. The second kappa shape index (κ2) is 5.23.